The molecule has 0 spiro atoms. The molecule has 1 aromatic heterocycles. The molecule has 0 aromatic carbocycles. The van der Waals surface area contributed by atoms with Crippen molar-refractivity contribution < 1.29 is 17.9 Å². The molecule has 1 fully saturated rings. The van der Waals surface area contributed by atoms with Crippen molar-refractivity contribution in [2.45, 2.75) is 33.4 Å². The van der Waals surface area contributed by atoms with Gasteiger partial charge in [0, 0.05) is 26.2 Å². The van der Waals surface area contributed by atoms with E-state index in [0.717, 1.165) is 23.6 Å². The molecule has 10 heteroatoms. The van der Waals surface area contributed by atoms with Crippen LogP contribution in [0.1, 0.15) is 18.3 Å². The summed E-state index contributed by atoms with van der Waals surface area (Å²) in [7, 11) is -3.21. The fourth-order valence-corrected chi connectivity index (χ4v) is 3.68. The molecule has 0 aliphatic carbocycles. The molecular weight excluding hydrogens is 346 g/mol. The summed E-state index contributed by atoms with van der Waals surface area (Å²) in [5.74, 6) is -0.169. The van der Waals surface area contributed by atoms with Crippen LogP contribution in [0.5, 0.6) is 0 Å². The van der Waals surface area contributed by atoms with Crippen molar-refractivity contribution in [1.82, 2.24) is 19.4 Å². The average molecular weight is 373 g/mol. The van der Waals surface area contributed by atoms with Crippen LogP contribution in [0.2, 0.25) is 0 Å². The van der Waals surface area contributed by atoms with Crippen LogP contribution in [0.4, 0.5) is 5.69 Å². The number of carbonyl (C=O) groups excluding carboxylic acids is 1. The molecule has 25 heavy (non-hydrogen) atoms. The molecule has 9 nitrogen and oxygen atoms in total. The number of nitrogens with zero attached hydrogens (tertiary/aromatic N) is 3. The van der Waals surface area contributed by atoms with Crippen molar-refractivity contribution in [2.75, 3.05) is 44.4 Å². The second-order valence-corrected chi connectivity index (χ2v) is 8.14. The summed E-state index contributed by atoms with van der Waals surface area (Å²) >= 11 is 0. The maximum Gasteiger partial charge on any atom is 0.238 e. The predicted octanol–water partition coefficient (Wildman–Crippen LogP) is -0.292. The summed E-state index contributed by atoms with van der Waals surface area (Å²) in [6.07, 6.45) is 0.930. The van der Waals surface area contributed by atoms with Crippen LogP contribution in [0.3, 0.4) is 0 Å². The zero-order valence-corrected chi connectivity index (χ0v) is 16.0. The zero-order valence-electron chi connectivity index (χ0n) is 15.2. The maximum atomic E-state index is 12.1. The minimum atomic E-state index is -3.21. The van der Waals surface area contributed by atoms with Crippen LogP contribution in [0, 0.1) is 13.8 Å². The number of aryl methyl sites for hydroxylation is 2. The molecule has 0 radical (unpaired) electrons. The van der Waals surface area contributed by atoms with E-state index < -0.39 is 10.0 Å². The Balaban J connectivity index is 1.80. The lowest BCUT2D eigenvalue weighted by atomic mass is 10.3. The molecule has 1 amide bonds. The SMILES string of the molecule is CCn1nc(C)c(NC(=O)CNC[C@H]2CN(S(C)(=O)=O)CCO2)c1C. The number of aromatic nitrogens is 2. The van der Waals surface area contributed by atoms with Gasteiger partial charge in [0.2, 0.25) is 15.9 Å². The standard InChI is InChI=1S/C15H27N5O4S/c1-5-20-12(3)15(11(2)18-20)17-14(21)9-16-8-13-10-19(6-7-24-13)25(4,22)23/h13,16H,5-10H2,1-4H3,(H,17,21)/t13-/m0/s1. The maximum absolute atomic E-state index is 12.1. The van der Waals surface area contributed by atoms with E-state index in [1.807, 2.05) is 25.5 Å². The highest BCUT2D eigenvalue weighted by molar-refractivity contribution is 7.88. The van der Waals surface area contributed by atoms with Gasteiger partial charge < -0.3 is 15.4 Å². The Hall–Kier alpha value is -1.49. The second kappa shape index (κ2) is 8.26. The van der Waals surface area contributed by atoms with Gasteiger partial charge in [-0.05, 0) is 20.8 Å². The quantitative estimate of drug-likeness (QED) is 0.680. The number of hydrogen-bond donors (Lipinski definition) is 2. The van der Waals surface area contributed by atoms with Gasteiger partial charge >= 0.3 is 0 Å². The number of ether oxygens (including phenoxy) is 1. The Kier molecular flexibility index (Phi) is 6.55. The first-order chi connectivity index (χ1) is 11.7. The van der Waals surface area contributed by atoms with Crippen LogP contribution in [-0.2, 0) is 26.1 Å². The van der Waals surface area contributed by atoms with Crippen molar-refractivity contribution in [3.05, 3.63) is 11.4 Å². The smallest absolute Gasteiger partial charge is 0.238 e. The summed E-state index contributed by atoms with van der Waals surface area (Å²) in [5, 5.41) is 10.3. The topological polar surface area (TPSA) is 106 Å². The predicted molar refractivity (Wildman–Crippen MR) is 95.0 cm³/mol. The van der Waals surface area contributed by atoms with Gasteiger partial charge in [-0.3, -0.25) is 9.48 Å². The fraction of sp³-hybridized carbons (Fsp3) is 0.733. The zero-order chi connectivity index (χ0) is 18.6. The van der Waals surface area contributed by atoms with Crippen LogP contribution in [-0.4, -0.2) is 73.6 Å². The molecule has 0 bridgehead atoms. The minimum Gasteiger partial charge on any atom is -0.374 e. The average Bonchev–Trinajstić information content (AvgIpc) is 2.82. The number of carbonyl (C=O) groups is 1. The number of amides is 1. The first-order valence-electron chi connectivity index (χ1n) is 8.33. The Labute approximate surface area is 148 Å². The second-order valence-electron chi connectivity index (χ2n) is 6.15. The van der Waals surface area contributed by atoms with Crippen molar-refractivity contribution >= 4 is 21.6 Å². The van der Waals surface area contributed by atoms with E-state index in [-0.39, 0.29) is 18.6 Å². The molecule has 142 valence electrons. The first-order valence-corrected chi connectivity index (χ1v) is 10.2. The Morgan fingerprint density at radius 3 is 2.72 bits per heavy atom. The number of rotatable bonds is 7. The van der Waals surface area contributed by atoms with Gasteiger partial charge in [0.25, 0.3) is 0 Å². The summed E-state index contributed by atoms with van der Waals surface area (Å²) in [6.45, 7) is 8.08. The van der Waals surface area contributed by atoms with Crippen molar-refractivity contribution in [3.8, 4) is 0 Å². The lowest BCUT2D eigenvalue weighted by Gasteiger charge is -2.31. The van der Waals surface area contributed by atoms with Crippen LogP contribution in [0.25, 0.3) is 0 Å². The van der Waals surface area contributed by atoms with E-state index in [9.17, 15) is 13.2 Å². The molecule has 0 saturated carbocycles. The third kappa shape index (κ3) is 5.24. The Morgan fingerprint density at radius 2 is 2.12 bits per heavy atom. The highest BCUT2D eigenvalue weighted by Crippen LogP contribution is 2.18. The van der Waals surface area contributed by atoms with E-state index in [0.29, 0.717) is 26.2 Å². The third-order valence-corrected chi connectivity index (χ3v) is 5.44. The van der Waals surface area contributed by atoms with Gasteiger partial charge in [-0.1, -0.05) is 0 Å². The molecule has 2 N–H and O–H groups in total. The summed E-state index contributed by atoms with van der Waals surface area (Å²) < 4.78 is 32.0. The van der Waals surface area contributed by atoms with Crippen molar-refractivity contribution in [2.24, 2.45) is 0 Å². The van der Waals surface area contributed by atoms with E-state index >= 15 is 0 Å². The Morgan fingerprint density at radius 1 is 1.40 bits per heavy atom. The number of hydrogen-bond acceptors (Lipinski definition) is 6. The molecule has 1 atom stereocenters. The van der Waals surface area contributed by atoms with Crippen molar-refractivity contribution in [3.63, 3.8) is 0 Å². The molecule has 2 rings (SSSR count). The molecule has 0 unspecified atom stereocenters. The van der Waals surface area contributed by atoms with Gasteiger partial charge in [0.05, 0.1) is 42.6 Å². The normalized spacial score (nSPS) is 19.1. The highest BCUT2D eigenvalue weighted by atomic mass is 32.2. The van der Waals surface area contributed by atoms with Gasteiger partial charge in [-0.2, -0.15) is 9.40 Å². The highest BCUT2D eigenvalue weighted by Gasteiger charge is 2.26. The summed E-state index contributed by atoms with van der Waals surface area (Å²) in [5.41, 5.74) is 2.45. The lowest BCUT2D eigenvalue weighted by molar-refractivity contribution is -0.115. The van der Waals surface area contributed by atoms with Crippen LogP contribution in [0.15, 0.2) is 0 Å². The van der Waals surface area contributed by atoms with Crippen LogP contribution < -0.4 is 10.6 Å². The third-order valence-electron chi connectivity index (χ3n) is 4.17. The number of nitrogens with one attached hydrogen (secondary N) is 2. The molecule has 1 aliphatic heterocycles. The number of morpholine rings is 1. The van der Waals surface area contributed by atoms with Gasteiger partial charge in [-0.15, -0.1) is 0 Å². The Bertz CT molecular complexity index is 716. The fourth-order valence-electron chi connectivity index (χ4n) is 2.83. The molecule has 1 saturated heterocycles. The molecule has 2 heterocycles. The first kappa shape index (κ1) is 19.8. The van der Waals surface area contributed by atoms with E-state index in [1.54, 1.807) is 0 Å². The van der Waals surface area contributed by atoms with Gasteiger partial charge in [0.1, 0.15) is 0 Å². The number of sulfonamides is 1. The minimum absolute atomic E-state index is 0.120. The monoisotopic (exact) mass is 373 g/mol. The molecule has 1 aliphatic rings. The van der Waals surface area contributed by atoms with Crippen LogP contribution >= 0.6 is 0 Å². The molecule has 1 aromatic rings. The lowest BCUT2D eigenvalue weighted by Crippen LogP contribution is -2.49. The summed E-state index contributed by atoms with van der Waals surface area (Å²) in [4.78, 5) is 12.1. The van der Waals surface area contributed by atoms with E-state index in [4.69, 9.17) is 4.74 Å². The van der Waals surface area contributed by atoms with E-state index in [1.165, 1.54) is 10.6 Å². The summed E-state index contributed by atoms with van der Waals surface area (Å²) in [6, 6.07) is 0. The number of anilines is 1. The largest absolute Gasteiger partial charge is 0.374 e. The van der Waals surface area contributed by atoms with Gasteiger partial charge in [0.15, 0.2) is 0 Å². The van der Waals surface area contributed by atoms with E-state index in [2.05, 4.69) is 15.7 Å². The van der Waals surface area contributed by atoms with Crippen molar-refractivity contribution in [1.29, 1.82) is 0 Å². The molecular formula is C15H27N5O4S. The van der Waals surface area contributed by atoms with Gasteiger partial charge in [-0.25, -0.2) is 8.42 Å².